The fourth-order valence-electron chi connectivity index (χ4n) is 3.67. The second kappa shape index (κ2) is 9.04. The normalized spacial score (nSPS) is 16.8. The van der Waals surface area contributed by atoms with E-state index in [1.807, 2.05) is 0 Å². The van der Waals surface area contributed by atoms with Crippen LogP contribution in [-0.4, -0.2) is 83.1 Å². The van der Waals surface area contributed by atoms with Crippen LogP contribution in [0, 0.1) is 0 Å². The number of carbonyl (C=O) groups excluding carboxylic acids is 1. The summed E-state index contributed by atoms with van der Waals surface area (Å²) >= 11 is 0. The summed E-state index contributed by atoms with van der Waals surface area (Å²) in [6, 6.07) is 3.99. The maximum atomic E-state index is 12.1. The van der Waals surface area contributed by atoms with E-state index in [2.05, 4.69) is 10.3 Å². The number of nitrogens with zero attached hydrogens (tertiary/aromatic N) is 2. The molecule has 11 nitrogen and oxygen atoms in total. The fraction of sp³-hybridized carbons (Fsp3) is 0.421. The molecule has 1 saturated heterocycles. The second-order valence-corrected chi connectivity index (χ2v) is 9.37. The van der Waals surface area contributed by atoms with Gasteiger partial charge in [0.25, 0.3) is 0 Å². The number of piperazine rings is 1. The summed E-state index contributed by atoms with van der Waals surface area (Å²) < 4.78 is 24.8. The molecule has 3 rings (SSSR count). The van der Waals surface area contributed by atoms with E-state index in [9.17, 15) is 27.9 Å². The molecule has 1 fully saturated rings. The summed E-state index contributed by atoms with van der Waals surface area (Å²) in [5.74, 6) is -2.59. The number of carboxylic acid groups (broad SMARTS) is 2. The van der Waals surface area contributed by atoms with E-state index >= 15 is 0 Å². The molecule has 1 aromatic heterocycles. The summed E-state index contributed by atoms with van der Waals surface area (Å²) in [6.07, 6.45) is 2.27. The SMILES string of the molecule is CS(=O)(=O)N1CCN([C@H](C(=O)O)c2c[nH]c3ccc(NC(=O)CCC(=O)O)cc23)CC1. The number of sulfonamides is 1. The molecule has 0 saturated carbocycles. The van der Waals surface area contributed by atoms with E-state index in [0.29, 0.717) is 22.2 Å². The molecule has 2 aromatic rings. The van der Waals surface area contributed by atoms with Crippen LogP contribution in [0.2, 0.25) is 0 Å². The molecule has 0 unspecified atom stereocenters. The lowest BCUT2D eigenvalue weighted by Crippen LogP contribution is -2.50. The van der Waals surface area contributed by atoms with E-state index in [1.54, 1.807) is 29.3 Å². The summed E-state index contributed by atoms with van der Waals surface area (Å²) in [6.45, 7) is 0.941. The van der Waals surface area contributed by atoms with Crippen LogP contribution in [0.15, 0.2) is 24.4 Å². The molecule has 1 aliphatic rings. The Morgan fingerprint density at radius 2 is 1.81 bits per heavy atom. The maximum absolute atomic E-state index is 12.1. The van der Waals surface area contributed by atoms with Gasteiger partial charge in [0.1, 0.15) is 6.04 Å². The highest BCUT2D eigenvalue weighted by atomic mass is 32.2. The van der Waals surface area contributed by atoms with Crippen LogP contribution in [-0.2, 0) is 24.4 Å². The van der Waals surface area contributed by atoms with Crippen molar-refractivity contribution in [1.29, 1.82) is 0 Å². The first-order chi connectivity index (χ1) is 14.6. The Bertz CT molecular complexity index is 1100. The monoisotopic (exact) mass is 452 g/mol. The predicted octanol–water partition coefficient (Wildman–Crippen LogP) is 0.674. The number of rotatable bonds is 8. The van der Waals surface area contributed by atoms with Crippen molar-refractivity contribution < 1.29 is 33.0 Å². The Balaban J connectivity index is 1.83. The molecule has 168 valence electrons. The minimum Gasteiger partial charge on any atom is -0.481 e. The summed E-state index contributed by atoms with van der Waals surface area (Å²) in [5, 5.41) is 21.8. The number of fused-ring (bicyclic) bond motifs is 1. The first kappa shape index (κ1) is 22.7. The number of nitrogens with one attached hydrogen (secondary N) is 2. The van der Waals surface area contributed by atoms with Gasteiger partial charge in [0.05, 0.1) is 12.7 Å². The lowest BCUT2D eigenvalue weighted by molar-refractivity contribution is -0.144. The third-order valence-electron chi connectivity index (χ3n) is 5.20. The molecule has 12 heteroatoms. The average molecular weight is 452 g/mol. The molecule has 1 aromatic carbocycles. The molecule has 4 N–H and O–H groups in total. The minimum atomic E-state index is -3.33. The van der Waals surface area contributed by atoms with Gasteiger partial charge in [0, 0.05) is 61.0 Å². The van der Waals surface area contributed by atoms with Gasteiger partial charge in [0.15, 0.2) is 0 Å². The third-order valence-corrected chi connectivity index (χ3v) is 6.50. The van der Waals surface area contributed by atoms with Crippen LogP contribution >= 0.6 is 0 Å². The Hall–Kier alpha value is -2.96. The Morgan fingerprint density at radius 3 is 2.39 bits per heavy atom. The molecule has 0 bridgehead atoms. The van der Waals surface area contributed by atoms with Crippen LogP contribution in [0.5, 0.6) is 0 Å². The Labute approximate surface area is 178 Å². The number of hydrogen-bond donors (Lipinski definition) is 4. The van der Waals surface area contributed by atoms with Gasteiger partial charge in [-0.25, -0.2) is 8.42 Å². The van der Waals surface area contributed by atoms with Gasteiger partial charge in [-0.05, 0) is 18.2 Å². The number of amides is 1. The minimum absolute atomic E-state index is 0.171. The number of hydrogen-bond acceptors (Lipinski definition) is 6. The largest absolute Gasteiger partial charge is 0.481 e. The highest BCUT2D eigenvalue weighted by molar-refractivity contribution is 7.88. The highest BCUT2D eigenvalue weighted by Crippen LogP contribution is 2.31. The van der Waals surface area contributed by atoms with Crippen molar-refractivity contribution >= 4 is 44.5 Å². The van der Waals surface area contributed by atoms with E-state index in [1.165, 1.54) is 4.31 Å². The summed E-state index contributed by atoms with van der Waals surface area (Å²) in [7, 11) is -3.33. The van der Waals surface area contributed by atoms with Crippen molar-refractivity contribution in [1.82, 2.24) is 14.2 Å². The Kier molecular flexibility index (Phi) is 6.62. The topological polar surface area (TPSA) is 160 Å². The van der Waals surface area contributed by atoms with Gasteiger partial charge in [-0.15, -0.1) is 0 Å². The molecule has 0 radical (unpaired) electrons. The first-order valence-electron chi connectivity index (χ1n) is 9.61. The molecule has 1 aliphatic heterocycles. The van der Waals surface area contributed by atoms with Crippen molar-refractivity contribution in [3.05, 3.63) is 30.0 Å². The van der Waals surface area contributed by atoms with Crippen LogP contribution in [0.1, 0.15) is 24.4 Å². The van der Waals surface area contributed by atoms with Crippen molar-refractivity contribution in [2.75, 3.05) is 37.8 Å². The van der Waals surface area contributed by atoms with Crippen LogP contribution in [0.3, 0.4) is 0 Å². The number of benzene rings is 1. The molecule has 0 aliphatic carbocycles. The van der Waals surface area contributed by atoms with Crippen molar-refractivity contribution in [3.63, 3.8) is 0 Å². The van der Waals surface area contributed by atoms with Crippen molar-refractivity contribution in [2.45, 2.75) is 18.9 Å². The molecular weight excluding hydrogens is 428 g/mol. The van der Waals surface area contributed by atoms with Crippen LogP contribution in [0.25, 0.3) is 10.9 Å². The van der Waals surface area contributed by atoms with Crippen molar-refractivity contribution in [3.8, 4) is 0 Å². The zero-order valence-corrected chi connectivity index (χ0v) is 17.7. The number of carboxylic acids is 2. The Morgan fingerprint density at radius 1 is 1.13 bits per heavy atom. The highest BCUT2D eigenvalue weighted by Gasteiger charge is 2.34. The van der Waals surface area contributed by atoms with Gasteiger partial charge in [-0.1, -0.05) is 0 Å². The van der Waals surface area contributed by atoms with E-state index in [0.717, 1.165) is 6.26 Å². The van der Waals surface area contributed by atoms with Gasteiger partial charge in [-0.3, -0.25) is 19.3 Å². The fourth-order valence-corrected chi connectivity index (χ4v) is 4.50. The zero-order valence-electron chi connectivity index (χ0n) is 16.9. The maximum Gasteiger partial charge on any atom is 0.325 e. The number of carbonyl (C=O) groups is 3. The first-order valence-corrected chi connectivity index (χ1v) is 11.5. The molecule has 1 amide bonds. The van der Waals surface area contributed by atoms with Gasteiger partial charge in [0.2, 0.25) is 15.9 Å². The van der Waals surface area contributed by atoms with E-state index in [-0.39, 0.29) is 39.0 Å². The average Bonchev–Trinajstić information content (AvgIpc) is 3.09. The number of aromatic amines is 1. The van der Waals surface area contributed by atoms with E-state index < -0.39 is 33.9 Å². The molecule has 31 heavy (non-hydrogen) atoms. The van der Waals surface area contributed by atoms with Crippen molar-refractivity contribution in [2.24, 2.45) is 0 Å². The lowest BCUT2D eigenvalue weighted by Gasteiger charge is -2.36. The number of aromatic nitrogens is 1. The standard InChI is InChI=1S/C19H24N4O7S/c1-31(29,30)23-8-6-22(7-9-23)18(19(27)28)14-11-20-15-3-2-12(10-13(14)15)21-16(24)4-5-17(25)26/h2-3,10-11,18,20H,4-9H2,1H3,(H,21,24)(H,25,26)(H,27,28)/t18-/m0/s1. The zero-order chi connectivity index (χ0) is 22.8. The van der Waals surface area contributed by atoms with Crippen LogP contribution < -0.4 is 5.32 Å². The molecule has 1 atom stereocenters. The third kappa shape index (κ3) is 5.40. The number of aliphatic carboxylic acids is 2. The summed E-state index contributed by atoms with van der Waals surface area (Å²) in [4.78, 5) is 39.4. The van der Waals surface area contributed by atoms with E-state index in [4.69, 9.17) is 5.11 Å². The number of anilines is 1. The van der Waals surface area contributed by atoms with Gasteiger partial charge in [-0.2, -0.15) is 4.31 Å². The lowest BCUT2D eigenvalue weighted by atomic mass is 10.0. The second-order valence-electron chi connectivity index (χ2n) is 7.39. The smallest absolute Gasteiger partial charge is 0.325 e. The van der Waals surface area contributed by atoms with Gasteiger partial charge >= 0.3 is 11.9 Å². The predicted molar refractivity (Wildman–Crippen MR) is 112 cm³/mol. The molecule has 2 heterocycles. The van der Waals surface area contributed by atoms with Crippen LogP contribution in [0.4, 0.5) is 5.69 Å². The number of H-pyrrole nitrogens is 1. The molecular formula is C19H24N4O7S. The quantitative estimate of drug-likeness (QED) is 0.455. The van der Waals surface area contributed by atoms with Gasteiger partial charge < -0.3 is 20.5 Å². The molecule has 0 spiro atoms. The summed E-state index contributed by atoms with van der Waals surface area (Å²) in [5.41, 5.74) is 1.60.